The van der Waals surface area contributed by atoms with E-state index in [1.165, 1.54) is 12.1 Å². The molecule has 2 aromatic carbocycles. The molecule has 0 radical (unpaired) electrons. The molecule has 0 amide bonds. The fraction of sp³-hybridized carbons (Fsp3) is 0.294. The van der Waals surface area contributed by atoms with Crippen molar-refractivity contribution in [2.24, 2.45) is 5.84 Å². The molecule has 2 rings (SSSR count). The maximum atomic E-state index is 13.6. The molecule has 21 heavy (non-hydrogen) atoms. The molecular formula is C17H21FN2O. The second-order valence-electron chi connectivity index (χ2n) is 4.93. The number of hydrazine groups is 1. The summed E-state index contributed by atoms with van der Waals surface area (Å²) in [6.45, 7) is 4.42. The fourth-order valence-corrected chi connectivity index (χ4v) is 2.49. The Bertz CT molecular complexity index is 574. The van der Waals surface area contributed by atoms with Gasteiger partial charge in [-0.3, -0.25) is 5.84 Å². The van der Waals surface area contributed by atoms with Gasteiger partial charge in [0.15, 0.2) is 0 Å². The van der Waals surface area contributed by atoms with E-state index in [1.807, 2.05) is 44.2 Å². The molecule has 4 heteroatoms. The van der Waals surface area contributed by atoms with E-state index in [4.69, 9.17) is 10.6 Å². The summed E-state index contributed by atoms with van der Waals surface area (Å²) in [6, 6.07) is 14.2. The number of rotatable bonds is 6. The Morgan fingerprint density at radius 3 is 2.52 bits per heavy atom. The molecule has 0 saturated carbocycles. The van der Waals surface area contributed by atoms with Crippen molar-refractivity contribution in [3.8, 4) is 0 Å². The summed E-state index contributed by atoms with van der Waals surface area (Å²) in [5.74, 6) is 5.46. The molecule has 0 saturated heterocycles. The van der Waals surface area contributed by atoms with Crippen LogP contribution in [0.2, 0.25) is 0 Å². The Balaban J connectivity index is 2.43. The second kappa shape index (κ2) is 7.31. The molecular weight excluding hydrogens is 267 g/mol. The number of hydrogen-bond donors (Lipinski definition) is 2. The topological polar surface area (TPSA) is 47.3 Å². The zero-order valence-corrected chi connectivity index (χ0v) is 12.3. The number of ether oxygens (including phenoxy) is 1. The second-order valence-corrected chi connectivity index (χ2v) is 4.93. The smallest absolute Gasteiger partial charge is 0.123 e. The number of nitrogens with one attached hydrogen (secondary N) is 1. The highest BCUT2D eigenvalue weighted by Crippen LogP contribution is 2.33. The summed E-state index contributed by atoms with van der Waals surface area (Å²) in [6.07, 6.45) is -0.276. The van der Waals surface area contributed by atoms with Gasteiger partial charge >= 0.3 is 0 Å². The number of hydrogen-bond acceptors (Lipinski definition) is 3. The molecule has 2 atom stereocenters. The molecule has 112 valence electrons. The minimum absolute atomic E-state index is 0.276. The van der Waals surface area contributed by atoms with Crippen LogP contribution >= 0.6 is 0 Å². The van der Waals surface area contributed by atoms with E-state index in [0.29, 0.717) is 6.61 Å². The lowest BCUT2D eigenvalue weighted by Crippen LogP contribution is -2.34. The molecule has 0 bridgehead atoms. The van der Waals surface area contributed by atoms with Gasteiger partial charge in [0.05, 0.1) is 6.04 Å². The molecule has 0 aliphatic heterocycles. The monoisotopic (exact) mass is 288 g/mol. The number of benzene rings is 2. The maximum Gasteiger partial charge on any atom is 0.123 e. The Morgan fingerprint density at radius 1 is 1.19 bits per heavy atom. The minimum atomic E-state index is -0.317. The van der Waals surface area contributed by atoms with Gasteiger partial charge in [-0.05, 0) is 42.7 Å². The summed E-state index contributed by atoms with van der Waals surface area (Å²) in [5.41, 5.74) is 5.56. The van der Waals surface area contributed by atoms with E-state index in [0.717, 1.165) is 16.7 Å². The summed E-state index contributed by atoms with van der Waals surface area (Å²) in [7, 11) is 0. The quantitative estimate of drug-likeness (QED) is 0.632. The normalized spacial score (nSPS) is 13.9. The first kappa shape index (κ1) is 15.6. The Kier molecular flexibility index (Phi) is 5.44. The largest absolute Gasteiger partial charge is 0.372 e. The van der Waals surface area contributed by atoms with Crippen LogP contribution in [-0.4, -0.2) is 6.61 Å². The molecule has 0 heterocycles. The highest BCUT2D eigenvalue weighted by Gasteiger charge is 2.26. The van der Waals surface area contributed by atoms with Gasteiger partial charge in [-0.15, -0.1) is 0 Å². The van der Waals surface area contributed by atoms with Crippen molar-refractivity contribution in [1.82, 2.24) is 5.43 Å². The van der Waals surface area contributed by atoms with Crippen LogP contribution in [0.1, 0.15) is 35.8 Å². The molecule has 3 nitrogen and oxygen atoms in total. The average Bonchev–Trinajstić information content (AvgIpc) is 2.51. The highest BCUT2D eigenvalue weighted by atomic mass is 19.1. The van der Waals surface area contributed by atoms with E-state index < -0.39 is 0 Å². The molecule has 0 aromatic heterocycles. The lowest BCUT2D eigenvalue weighted by Gasteiger charge is -2.28. The first-order valence-electron chi connectivity index (χ1n) is 7.06. The highest BCUT2D eigenvalue weighted by molar-refractivity contribution is 5.33. The van der Waals surface area contributed by atoms with E-state index in [-0.39, 0.29) is 18.0 Å². The number of halogens is 1. The van der Waals surface area contributed by atoms with Gasteiger partial charge in [0, 0.05) is 6.61 Å². The SMILES string of the molecule is CCOC(c1ccccc1)C(NN)c1cc(F)ccc1C. The van der Waals surface area contributed by atoms with Gasteiger partial charge in [-0.25, -0.2) is 9.82 Å². The van der Waals surface area contributed by atoms with Crippen LogP contribution in [0.4, 0.5) is 4.39 Å². The fourth-order valence-electron chi connectivity index (χ4n) is 2.49. The van der Waals surface area contributed by atoms with Crippen molar-refractivity contribution in [2.45, 2.75) is 26.0 Å². The lowest BCUT2D eigenvalue weighted by molar-refractivity contribution is 0.0324. The lowest BCUT2D eigenvalue weighted by atomic mass is 9.93. The molecule has 0 aliphatic carbocycles. The van der Waals surface area contributed by atoms with E-state index in [2.05, 4.69) is 5.43 Å². The third-order valence-electron chi connectivity index (χ3n) is 3.53. The Labute approximate surface area is 124 Å². The van der Waals surface area contributed by atoms with Gasteiger partial charge in [0.2, 0.25) is 0 Å². The third kappa shape index (κ3) is 3.67. The first-order valence-corrected chi connectivity index (χ1v) is 7.06. The molecule has 0 fully saturated rings. The minimum Gasteiger partial charge on any atom is -0.372 e. The van der Waals surface area contributed by atoms with Gasteiger partial charge in [-0.1, -0.05) is 36.4 Å². The average molecular weight is 288 g/mol. The van der Waals surface area contributed by atoms with Gasteiger partial charge < -0.3 is 4.74 Å². The zero-order chi connectivity index (χ0) is 15.2. The van der Waals surface area contributed by atoms with Crippen LogP contribution in [0.3, 0.4) is 0 Å². The van der Waals surface area contributed by atoms with Crippen molar-refractivity contribution in [3.05, 3.63) is 71.0 Å². The summed E-state index contributed by atoms with van der Waals surface area (Å²) in [4.78, 5) is 0. The zero-order valence-electron chi connectivity index (χ0n) is 12.3. The predicted octanol–water partition coefficient (Wildman–Crippen LogP) is 3.42. The molecule has 2 aromatic rings. The van der Waals surface area contributed by atoms with Crippen molar-refractivity contribution >= 4 is 0 Å². The van der Waals surface area contributed by atoms with Crippen molar-refractivity contribution in [1.29, 1.82) is 0 Å². The summed E-state index contributed by atoms with van der Waals surface area (Å²) in [5, 5.41) is 0. The van der Waals surface area contributed by atoms with Gasteiger partial charge in [-0.2, -0.15) is 0 Å². The Hall–Kier alpha value is -1.75. The summed E-state index contributed by atoms with van der Waals surface area (Å²) < 4.78 is 19.5. The van der Waals surface area contributed by atoms with E-state index in [9.17, 15) is 4.39 Å². The number of aryl methyl sites for hydroxylation is 1. The van der Waals surface area contributed by atoms with Crippen molar-refractivity contribution in [3.63, 3.8) is 0 Å². The standard InChI is InChI=1S/C17H21FN2O/c1-3-21-17(13-7-5-4-6-8-13)16(20-19)15-11-14(18)10-9-12(15)2/h4-11,16-17,20H,3,19H2,1-2H3. The Morgan fingerprint density at radius 2 is 1.90 bits per heavy atom. The van der Waals surface area contributed by atoms with E-state index >= 15 is 0 Å². The van der Waals surface area contributed by atoms with Crippen LogP contribution < -0.4 is 11.3 Å². The molecule has 3 N–H and O–H groups in total. The third-order valence-corrected chi connectivity index (χ3v) is 3.53. The van der Waals surface area contributed by atoms with Crippen LogP contribution in [0.5, 0.6) is 0 Å². The predicted molar refractivity (Wildman–Crippen MR) is 82.0 cm³/mol. The van der Waals surface area contributed by atoms with Crippen molar-refractivity contribution in [2.75, 3.05) is 6.61 Å². The van der Waals surface area contributed by atoms with Gasteiger partial charge in [0.25, 0.3) is 0 Å². The van der Waals surface area contributed by atoms with Crippen LogP contribution in [0.15, 0.2) is 48.5 Å². The van der Waals surface area contributed by atoms with E-state index in [1.54, 1.807) is 6.07 Å². The van der Waals surface area contributed by atoms with Crippen LogP contribution in [0.25, 0.3) is 0 Å². The van der Waals surface area contributed by atoms with Crippen LogP contribution in [0, 0.1) is 12.7 Å². The number of nitrogens with two attached hydrogens (primary N) is 1. The molecule has 2 unspecified atom stereocenters. The molecule has 0 aliphatic rings. The van der Waals surface area contributed by atoms with Crippen molar-refractivity contribution < 1.29 is 9.13 Å². The van der Waals surface area contributed by atoms with Crippen LogP contribution in [-0.2, 0) is 4.74 Å². The molecule has 0 spiro atoms. The maximum absolute atomic E-state index is 13.6. The first-order chi connectivity index (χ1) is 10.2. The summed E-state index contributed by atoms with van der Waals surface area (Å²) >= 11 is 0. The van der Waals surface area contributed by atoms with Gasteiger partial charge in [0.1, 0.15) is 11.9 Å².